The lowest BCUT2D eigenvalue weighted by atomic mass is 9.51. The van der Waals surface area contributed by atoms with Crippen LogP contribution in [0.3, 0.4) is 0 Å². The molecule has 2 saturated carbocycles. The molecular weight excluding hydrogens is 571 g/mol. The molecule has 6 rings (SSSR count). The number of ether oxygens (including phenoxy) is 1. The molecule has 4 aliphatic rings. The Labute approximate surface area is 258 Å². The number of aliphatic hydroxyl groups is 1. The first-order valence-electron chi connectivity index (χ1n) is 15.4. The van der Waals surface area contributed by atoms with Gasteiger partial charge in [0.1, 0.15) is 10.9 Å². The molecule has 2 aliphatic carbocycles. The molecule has 0 unspecified atom stereocenters. The minimum atomic E-state index is -0.927. The van der Waals surface area contributed by atoms with Crippen LogP contribution in [0.5, 0.6) is 0 Å². The summed E-state index contributed by atoms with van der Waals surface area (Å²) < 4.78 is 6.04. The van der Waals surface area contributed by atoms with Gasteiger partial charge in [0.25, 0.3) is 0 Å². The van der Waals surface area contributed by atoms with Gasteiger partial charge >= 0.3 is 0 Å². The van der Waals surface area contributed by atoms with Crippen molar-refractivity contribution in [1.82, 2.24) is 4.98 Å². The van der Waals surface area contributed by atoms with E-state index >= 15 is 0 Å². The molecule has 2 aliphatic heterocycles. The molecule has 226 valence electrons. The standard InChI is InChI=1S/C34H42Cl2N2O4/c1-31(2)10-12-33(13-11-31)18-23(26(39)15-20-5-8-27(42-19-20)32(3,4)41)29(21-9-14-37-28(36)16-21)34(33)24-7-6-22(35)17-25(24)38-30(34)40/h6-7,9,14,16-17,20,23,27,29,41H,5,8,10-13,15,18-19H2,1-4H3,(H,38,40)/t20-,23-,27-,29-,34+/m0/s1. The van der Waals surface area contributed by atoms with Crippen molar-refractivity contribution in [3.8, 4) is 0 Å². The van der Waals surface area contributed by atoms with Gasteiger partial charge in [-0.3, -0.25) is 9.59 Å². The number of nitrogens with zero attached hydrogens (tertiary/aromatic N) is 1. The first-order valence-corrected chi connectivity index (χ1v) is 16.1. The number of rotatable bonds is 5. The van der Waals surface area contributed by atoms with Crippen LogP contribution in [0.2, 0.25) is 10.2 Å². The smallest absolute Gasteiger partial charge is 0.236 e. The number of carbonyl (C=O) groups excluding carboxylic acids is 2. The highest BCUT2D eigenvalue weighted by molar-refractivity contribution is 6.31. The summed E-state index contributed by atoms with van der Waals surface area (Å²) in [6.07, 6.45) is 7.76. The van der Waals surface area contributed by atoms with E-state index in [9.17, 15) is 14.7 Å². The highest BCUT2D eigenvalue weighted by Gasteiger charge is 2.72. The van der Waals surface area contributed by atoms with Crippen LogP contribution in [0.15, 0.2) is 36.5 Å². The van der Waals surface area contributed by atoms with Gasteiger partial charge in [-0.25, -0.2) is 4.98 Å². The largest absolute Gasteiger partial charge is 0.388 e. The zero-order chi connectivity index (χ0) is 30.1. The third-order valence-corrected chi connectivity index (χ3v) is 11.5. The van der Waals surface area contributed by atoms with Crippen LogP contribution in [-0.2, 0) is 19.7 Å². The monoisotopic (exact) mass is 612 g/mol. The molecule has 1 saturated heterocycles. The average molecular weight is 614 g/mol. The minimum absolute atomic E-state index is 0.0401. The van der Waals surface area contributed by atoms with Crippen molar-refractivity contribution < 1.29 is 19.4 Å². The van der Waals surface area contributed by atoms with Crippen LogP contribution in [0, 0.1) is 22.7 Å². The van der Waals surface area contributed by atoms with Gasteiger partial charge < -0.3 is 15.2 Å². The third kappa shape index (κ3) is 4.91. The molecule has 42 heavy (non-hydrogen) atoms. The molecule has 2 aromatic rings. The molecular formula is C34H42Cl2N2O4. The number of carbonyl (C=O) groups is 2. The van der Waals surface area contributed by atoms with Crippen molar-refractivity contribution in [2.45, 2.75) is 102 Å². The minimum Gasteiger partial charge on any atom is -0.388 e. The zero-order valence-corrected chi connectivity index (χ0v) is 26.5. The number of Topliss-reactive ketones (excluding diaryl/α,β-unsaturated/α-hetero) is 1. The molecule has 1 aromatic heterocycles. The summed E-state index contributed by atoms with van der Waals surface area (Å²) in [5.41, 5.74) is 0.525. The van der Waals surface area contributed by atoms with Gasteiger partial charge in [0.2, 0.25) is 5.91 Å². The predicted molar refractivity (Wildman–Crippen MR) is 165 cm³/mol. The van der Waals surface area contributed by atoms with E-state index in [0.29, 0.717) is 29.6 Å². The van der Waals surface area contributed by atoms with Crippen LogP contribution in [0.25, 0.3) is 0 Å². The van der Waals surface area contributed by atoms with E-state index in [0.717, 1.165) is 55.3 Å². The van der Waals surface area contributed by atoms with Crippen molar-refractivity contribution in [3.05, 3.63) is 57.8 Å². The maximum Gasteiger partial charge on any atom is 0.236 e. The number of benzene rings is 1. The number of ketones is 1. The van der Waals surface area contributed by atoms with Crippen molar-refractivity contribution in [1.29, 1.82) is 0 Å². The number of hydrogen-bond acceptors (Lipinski definition) is 5. The first-order chi connectivity index (χ1) is 19.8. The maximum atomic E-state index is 14.6. The van der Waals surface area contributed by atoms with Crippen molar-refractivity contribution in [2.24, 2.45) is 22.7 Å². The van der Waals surface area contributed by atoms with Gasteiger partial charge in [-0.05, 0) is 111 Å². The molecule has 3 heterocycles. The first kappa shape index (κ1) is 30.1. The number of aromatic nitrogens is 1. The van der Waals surface area contributed by atoms with Gasteiger partial charge in [0, 0.05) is 35.2 Å². The van der Waals surface area contributed by atoms with Crippen molar-refractivity contribution in [3.63, 3.8) is 0 Å². The summed E-state index contributed by atoms with van der Waals surface area (Å²) in [7, 11) is 0. The molecule has 8 heteroatoms. The molecule has 1 amide bonds. The van der Waals surface area contributed by atoms with Crippen LogP contribution in [0.4, 0.5) is 5.69 Å². The van der Waals surface area contributed by atoms with Gasteiger partial charge in [0.15, 0.2) is 0 Å². The SMILES string of the molecule is CC1(C)CCC2(CC1)C[C@@H](C(=O)C[C@@H]1CC[C@@H](C(C)(C)O)OC1)[C@H](c1ccnc(Cl)c1)[C@]21C(=O)Nc2cc(Cl)ccc21. The van der Waals surface area contributed by atoms with Crippen LogP contribution >= 0.6 is 23.2 Å². The van der Waals surface area contributed by atoms with E-state index in [2.05, 4.69) is 24.1 Å². The van der Waals surface area contributed by atoms with E-state index < -0.39 is 11.0 Å². The fourth-order valence-corrected chi connectivity index (χ4v) is 9.18. The molecule has 2 N–H and O–H groups in total. The van der Waals surface area contributed by atoms with Gasteiger partial charge in [-0.2, -0.15) is 0 Å². The fraction of sp³-hybridized carbons (Fsp3) is 0.618. The lowest BCUT2D eigenvalue weighted by molar-refractivity contribution is -0.134. The Bertz CT molecular complexity index is 1380. The molecule has 0 bridgehead atoms. The second-order valence-electron chi connectivity index (χ2n) is 14.7. The van der Waals surface area contributed by atoms with E-state index in [-0.39, 0.29) is 46.4 Å². The number of pyridine rings is 1. The van der Waals surface area contributed by atoms with Crippen molar-refractivity contribution in [2.75, 3.05) is 11.9 Å². The van der Waals surface area contributed by atoms with Gasteiger partial charge in [-0.1, -0.05) is 43.1 Å². The highest BCUT2D eigenvalue weighted by atomic mass is 35.5. The molecule has 5 atom stereocenters. The summed E-state index contributed by atoms with van der Waals surface area (Å²) in [5.74, 6) is -0.521. The summed E-state index contributed by atoms with van der Waals surface area (Å²) in [4.78, 5) is 33.4. The fourth-order valence-electron chi connectivity index (χ4n) is 8.83. The Morgan fingerprint density at radius 3 is 2.50 bits per heavy atom. The number of amides is 1. The lowest BCUT2D eigenvalue weighted by Crippen LogP contribution is -2.52. The Balaban J connectivity index is 1.44. The Kier molecular flexibility index (Phi) is 7.57. The third-order valence-electron chi connectivity index (χ3n) is 11.1. The van der Waals surface area contributed by atoms with E-state index in [4.69, 9.17) is 27.9 Å². The number of halogens is 2. The number of nitrogens with one attached hydrogen (secondary N) is 1. The van der Waals surface area contributed by atoms with Crippen LogP contribution in [0.1, 0.15) is 96.1 Å². The van der Waals surface area contributed by atoms with E-state index in [1.54, 1.807) is 20.0 Å². The Morgan fingerprint density at radius 2 is 1.86 bits per heavy atom. The highest BCUT2D eigenvalue weighted by Crippen LogP contribution is 2.72. The number of fused-ring (bicyclic) bond motifs is 3. The lowest BCUT2D eigenvalue weighted by Gasteiger charge is -2.51. The van der Waals surface area contributed by atoms with Crippen LogP contribution < -0.4 is 5.32 Å². The van der Waals surface area contributed by atoms with E-state index in [1.807, 2.05) is 30.3 Å². The van der Waals surface area contributed by atoms with E-state index in [1.165, 1.54) is 0 Å². The molecule has 0 radical (unpaired) electrons. The summed E-state index contributed by atoms with van der Waals surface area (Å²) in [6.45, 7) is 8.60. The molecule has 6 nitrogen and oxygen atoms in total. The molecule has 1 aromatic carbocycles. The number of anilines is 1. The zero-order valence-electron chi connectivity index (χ0n) is 25.0. The van der Waals surface area contributed by atoms with Gasteiger partial charge in [0.05, 0.1) is 23.7 Å². The second-order valence-corrected chi connectivity index (χ2v) is 15.5. The van der Waals surface area contributed by atoms with Crippen molar-refractivity contribution >= 4 is 40.6 Å². The summed E-state index contributed by atoms with van der Waals surface area (Å²) in [5, 5.41) is 14.6. The summed E-state index contributed by atoms with van der Waals surface area (Å²) in [6, 6.07) is 9.49. The van der Waals surface area contributed by atoms with Crippen LogP contribution in [-0.4, -0.2) is 40.1 Å². The Morgan fingerprint density at radius 1 is 1.12 bits per heavy atom. The molecule has 2 spiro atoms. The maximum absolute atomic E-state index is 14.6. The van der Waals surface area contributed by atoms with Gasteiger partial charge in [-0.15, -0.1) is 0 Å². The Hall–Kier alpha value is -1.99. The summed E-state index contributed by atoms with van der Waals surface area (Å²) >= 11 is 12.9. The predicted octanol–water partition coefficient (Wildman–Crippen LogP) is 7.49. The molecule has 3 fully saturated rings. The average Bonchev–Trinajstić information content (AvgIpc) is 3.38. The normalized spacial score (nSPS) is 31.7. The number of hydrogen-bond donors (Lipinski definition) is 2. The topological polar surface area (TPSA) is 88.5 Å². The quantitative estimate of drug-likeness (QED) is 0.341. The second kappa shape index (κ2) is 10.6.